The van der Waals surface area contributed by atoms with Crippen molar-refractivity contribution in [2.75, 3.05) is 4.90 Å². The molecule has 0 bridgehead atoms. The molecule has 27 heavy (non-hydrogen) atoms. The number of hydrogen-bond donors (Lipinski definition) is 0. The average Bonchev–Trinajstić information content (AvgIpc) is 3.12. The van der Waals surface area contributed by atoms with Crippen molar-refractivity contribution >= 4 is 32.6 Å². The van der Waals surface area contributed by atoms with Crippen molar-refractivity contribution in [1.82, 2.24) is 4.98 Å². The molecule has 3 aromatic carbocycles. The van der Waals surface area contributed by atoms with Gasteiger partial charge in [0.15, 0.2) is 5.13 Å². The summed E-state index contributed by atoms with van der Waals surface area (Å²) in [7, 11) is 0. The summed E-state index contributed by atoms with van der Waals surface area (Å²) in [5.41, 5.74) is 2.88. The zero-order valence-electron chi connectivity index (χ0n) is 14.7. The van der Waals surface area contributed by atoms with Crippen LogP contribution in [0, 0.1) is 12.7 Å². The van der Waals surface area contributed by atoms with Crippen LogP contribution < -0.4 is 4.90 Å². The predicted molar refractivity (Wildman–Crippen MR) is 108 cm³/mol. The lowest BCUT2D eigenvalue weighted by molar-refractivity contribution is 0.0985. The van der Waals surface area contributed by atoms with E-state index in [0.717, 1.165) is 15.8 Å². The Bertz CT molecular complexity index is 1110. The fourth-order valence-corrected chi connectivity index (χ4v) is 3.92. The molecule has 5 heteroatoms. The molecule has 0 aliphatic heterocycles. The SMILES string of the molecule is Cc1cccc(C(=O)N(Cc2ccccc2)c2nc3c(F)cccc3s2)c1. The highest BCUT2D eigenvalue weighted by molar-refractivity contribution is 7.22. The molecule has 1 aromatic heterocycles. The van der Waals surface area contributed by atoms with E-state index in [1.165, 1.54) is 17.4 Å². The van der Waals surface area contributed by atoms with Gasteiger partial charge >= 0.3 is 0 Å². The van der Waals surface area contributed by atoms with Gasteiger partial charge in [0.25, 0.3) is 5.91 Å². The monoisotopic (exact) mass is 376 g/mol. The van der Waals surface area contributed by atoms with E-state index in [0.29, 0.717) is 22.8 Å². The number of amides is 1. The van der Waals surface area contributed by atoms with E-state index < -0.39 is 0 Å². The molecule has 0 saturated carbocycles. The quantitative estimate of drug-likeness (QED) is 0.465. The Kier molecular flexibility index (Phi) is 4.69. The van der Waals surface area contributed by atoms with Crippen molar-refractivity contribution in [1.29, 1.82) is 0 Å². The molecule has 0 atom stereocenters. The minimum atomic E-state index is -0.377. The Morgan fingerprint density at radius 3 is 2.56 bits per heavy atom. The highest BCUT2D eigenvalue weighted by Crippen LogP contribution is 2.32. The van der Waals surface area contributed by atoms with E-state index in [9.17, 15) is 9.18 Å². The Hall–Kier alpha value is -3.05. The number of benzene rings is 3. The van der Waals surface area contributed by atoms with E-state index in [1.807, 2.05) is 61.5 Å². The number of para-hydroxylation sites is 1. The summed E-state index contributed by atoms with van der Waals surface area (Å²) in [4.78, 5) is 19.3. The van der Waals surface area contributed by atoms with Crippen LogP contribution in [0.25, 0.3) is 10.2 Å². The fraction of sp³-hybridized carbons (Fsp3) is 0.0909. The highest BCUT2D eigenvalue weighted by Gasteiger charge is 2.22. The molecule has 0 aliphatic carbocycles. The summed E-state index contributed by atoms with van der Waals surface area (Å²) in [6.07, 6.45) is 0. The molecule has 0 fully saturated rings. The summed E-state index contributed by atoms with van der Waals surface area (Å²) in [6.45, 7) is 2.32. The van der Waals surface area contributed by atoms with Crippen molar-refractivity contribution in [2.24, 2.45) is 0 Å². The number of carbonyl (C=O) groups is 1. The van der Waals surface area contributed by atoms with Crippen LogP contribution in [0.4, 0.5) is 9.52 Å². The smallest absolute Gasteiger partial charge is 0.260 e. The van der Waals surface area contributed by atoms with Gasteiger partial charge in [-0.25, -0.2) is 9.37 Å². The Balaban J connectivity index is 1.79. The van der Waals surface area contributed by atoms with Crippen molar-refractivity contribution in [3.05, 3.63) is 95.3 Å². The number of rotatable bonds is 4. The van der Waals surface area contributed by atoms with Crippen molar-refractivity contribution in [2.45, 2.75) is 13.5 Å². The summed E-state index contributed by atoms with van der Waals surface area (Å²) in [6, 6.07) is 22.0. The van der Waals surface area contributed by atoms with E-state index in [2.05, 4.69) is 4.98 Å². The summed E-state index contributed by atoms with van der Waals surface area (Å²) < 4.78 is 14.8. The first-order chi connectivity index (χ1) is 13.1. The number of aromatic nitrogens is 1. The van der Waals surface area contributed by atoms with E-state index in [1.54, 1.807) is 17.0 Å². The lowest BCUT2D eigenvalue weighted by atomic mass is 10.1. The van der Waals surface area contributed by atoms with Gasteiger partial charge in [0.1, 0.15) is 11.3 Å². The van der Waals surface area contributed by atoms with Gasteiger partial charge in [-0.3, -0.25) is 9.69 Å². The fourth-order valence-electron chi connectivity index (χ4n) is 2.94. The van der Waals surface area contributed by atoms with Gasteiger partial charge in [-0.1, -0.05) is 65.4 Å². The minimum Gasteiger partial charge on any atom is -0.279 e. The third kappa shape index (κ3) is 3.59. The number of hydrogen-bond acceptors (Lipinski definition) is 3. The molecule has 0 spiro atoms. The topological polar surface area (TPSA) is 33.2 Å². The lowest BCUT2D eigenvalue weighted by Crippen LogP contribution is -2.30. The summed E-state index contributed by atoms with van der Waals surface area (Å²) in [5, 5.41) is 0.491. The molecule has 1 amide bonds. The van der Waals surface area contributed by atoms with Crippen molar-refractivity contribution in [3.8, 4) is 0 Å². The number of aryl methyl sites for hydroxylation is 1. The maximum absolute atomic E-state index is 14.1. The zero-order valence-corrected chi connectivity index (χ0v) is 15.5. The molecule has 0 N–H and O–H groups in total. The molecule has 0 unspecified atom stereocenters. The van der Waals surface area contributed by atoms with E-state index in [4.69, 9.17) is 0 Å². The Labute approximate surface area is 160 Å². The predicted octanol–water partition coefficient (Wildman–Crippen LogP) is 5.59. The molecule has 1 heterocycles. The molecule has 3 nitrogen and oxygen atoms in total. The van der Waals surface area contributed by atoms with Gasteiger partial charge in [-0.15, -0.1) is 0 Å². The Morgan fingerprint density at radius 1 is 1.04 bits per heavy atom. The first-order valence-electron chi connectivity index (χ1n) is 8.59. The van der Waals surface area contributed by atoms with Crippen LogP contribution >= 0.6 is 11.3 Å². The molecule has 0 aliphatic rings. The zero-order chi connectivity index (χ0) is 18.8. The van der Waals surface area contributed by atoms with Crippen molar-refractivity contribution in [3.63, 3.8) is 0 Å². The third-order valence-electron chi connectivity index (χ3n) is 4.28. The molecular weight excluding hydrogens is 359 g/mol. The highest BCUT2D eigenvalue weighted by atomic mass is 32.1. The van der Waals surface area contributed by atoms with Crippen molar-refractivity contribution < 1.29 is 9.18 Å². The molecule has 0 saturated heterocycles. The van der Waals surface area contributed by atoms with Crippen LogP contribution in [0.1, 0.15) is 21.5 Å². The average molecular weight is 376 g/mol. The lowest BCUT2D eigenvalue weighted by Gasteiger charge is -2.20. The summed E-state index contributed by atoms with van der Waals surface area (Å²) >= 11 is 1.32. The summed E-state index contributed by atoms with van der Waals surface area (Å²) in [5.74, 6) is -0.528. The molecular formula is C22H17FN2OS. The standard InChI is InChI=1S/C22H17FN2OS/c1-15-7-5-10-17(13-15)21(26)25(14-16-8-3-2-4-9-16)22-24-20-18(23)11-6-12-19(20)27-22/h2-13H,14H2,1H3. The van der Waals surface area contributed by atoms with Gasteiger partial charge in [0.05, 0.1) is 11.2 Å². The van der Waals surface area contributed by atoms with Gasteiger partial charge in [0.2, 0.25) is 0 Å². The van der Waals surface area contributed by atoms with E-state index in [-0.39, 0.29) is 11.7 Å². The van der Waals surface area contributed by atoms with Gasteiger partial charge in [0, 0.05) is 5.56 Å². The van der Waals surface area contributed by atoms with Gasteiger partial charge < -0.3 is 0 Å². The normalized spacial score (nSPS) is 10.9. The maximum Gasteiger partial charge on any atom is 0.260 e. The van der Waals surface area contributed by atoms with Crippen LogP contribution in [0.2, 0.25) is 0 Å². The second-order valence-electron chi connectivity index (χ2n) is 6.33. The number of nitrogens with zero attached hydrogens (tertiary/aromatic N) is 2. The molecule has 4 aromatic rings. The first-order valence-corrected chi connectivity index (χ1v) is 9.41. The Morgan fingerprint density at radius 2 is 1.81 bits per heavy atom. The number of carbonyl (C=O) groups excluding carboxylic acids is 1. The number of halogens is 1. The van der Waals surface area contributed by atoms with E-state index >= 15 is 0 Å². The third-order valence-corrected chi connectivity index (χ3v) is 5.33. The maximum atomic E-state index is 14.1. The first kappa shape index (κ1) is 17.4. The van der Waals surface area contributed by atoms with Crippen LogP contribution in [0.15, 0.2) is 72.8 Å². The van der Waals surface area contributed by atoms with Crippen LogP contribution in [0.3, 0.4) is 0 Å². The van der Waals surface area contributed by atoms with Crippen LogP contribution in [-0.2, 0) is 6.54 Å². The second-order valence-corrected chi connectivity index (χ2v) is 7.34. The second kappa shape index (κ2) is 7.29. The number of fused-ring (bicyclic) bond motifs is 1. The van der Waals surface area contributed by atoms with Gasteiger partial charge in [-0.2, -0.15) is 0 Å². The molecule has 4 rings (SSSR count). The largest absolute Gasteiger partial charge is 0.279 e. The van der Waals surface area contributed by atoms with Gasteiger partial charge in [-0.05, 0) is 36.8 Å². The van der Waals surface area contributed by atoms with Crippen LogP contribution in [-0.4, -0.2) is 10.9 Å². The van der Waals surface area contributed by atoms with Crippen LogP contribution in [0.5, 0.6) is 0 Å². The molecule has 0 radical (unpaired) electrons. The number of anilines is 1. The molecule has 134 valence electrons. The number of thiazole rings is 1. The minimum absolute atomic E-state index is 0.151.